The molecule has 5 heteroatoms. The average Bonchev–Trinajstić information content (AvgIpc) is 2.38. The number of carbonyl (C=O) groups is 2. The maximum Gasteiger partial charge on any atom is 0.311 e. The van der Waals surface area contributed by atoms with Crippen LogP contribution in [0.3, 0.4) is 0 Å². The number of rotatable bonds is 6. The summed E-state index contributed by atoms with van der Waals surface area (Å²) in [7, 11) is 0. The fourth-order valence-corrected chi connectivity index (χ4v) is 2.87. The van der Waals surface area contributed by atoms with Gasteiger partial charge in [-0.3, -0.25) is 9.59 Å². The summed E-state index contributed by atoms with van der Waals surface area (Å²) >= 11 is 1.73. The Morgan fingerprint density at radius 3 is 2.40 bits per heavy atom. The van der Waals surface area contributed by atoms with Gasteiger partial charge < -0.3 is 10.4 Å². The maximum atomic E-state index is 12.0. The molecule has 2 N–H and O–H groups in total. The van der Waals surface area contributed by atoms with Gasteiger partial charge >= 0.3 is 5.97 Å². The standard InChI is InChI=1S/C15H19NO3S/c1-20-9-11-3-5-12(6-4-11)13(17)16-10-15(14(18)19)7-2-8-15/h3-6H,2,7-10H2,1H3,(H,16,17)(H,18,19). The highest BCUT2D eigenvalue weighted by Crippen LogP contribution is 2.40. The van der Waals surface area contributed by atoms with Gasteiger partial charge in [-0.15, -0.1) is 0 Å². The van der Waals surface area contributed by atoms with Crippen LogP contribution in [0.2, 0.25) is 0 Å². The van der Waals surface area contributed by atoms with Gasteiger partial charge in [0.25, 0.3) is 5.91 Å². The van der Waals surface area contributed by atoms with E-state index in [9.17, 15) is 14.7 Å². The lowest BCUT2D eigenvalue weighted by Gasteiger charge is -2.37. The molecule has 4 nitrogen and oxygen atoms in total. The van der Waals surface area contributed by atoms with Crippen molar-refractivity contribution < 1.29 is 14.7 Å². The molecular weight excluding hydrogens is 274 g/mol. The minimum atomic E-state index is -0.806. The largest absolute Gasteiger partial charge is 0.481 e. The second-order valence-electron chi connectivity index (χ2n) is 5.25. The van der Waals surface area contributed by atoms with Gasteiger partial charge in [-0.2, -0.15) is 11.8 Å². The number of hydrogen-bond donors (Lipinski definition) is 2. The average molecular weight is 293 g/mol. The molecular formula is C15H19NO3S. The van der Waals surface area contributed by atoms with Crippen molar-refractivity contribution in [3.05, 3.63) is 35.4 Å². The van der Waals surface area contributed by atoms with Gasteiger partial charge in [0.15, 0.2) is 0 Å². The smallest absolute Gasteiger partial charge is 0.311 e. The van der Waals surface area contributed by atoms with Crippen molar-refractivity contribution in [2.45, 2.75) is 25.0 Å². The number of thioether (sulfide) groups is 1. The molecule has 0 aromatic heterocycles. The fraction of sp³-hybridized carbons (Fsp3) is 0.467. The summed E-state index contributed by atoms with van der Waals surface area (Å²) in [5.74, 6) is -0.0862. The summed E-state index contributed by atoms with van der Waals surface area (Å²) < 4.78 is 0. The van der Waals surface area contributed by atoms with Crippen LogP contribution in [0.1, 0.15) is 35.2 Å². The number of hydrogen-bond acceptors (Lipinski definition) is 3. The van der Waals surface area contributed by atoms with Crippen molar-refractivity contribution in [1.29, 1.82) is 0 Å². The van der Waals surface area contributed by atoms with Gasteiger partial charge in [0, 0.05) is 17.9 Å². The molecule has 1 saturated carbocycles. The van der Waals surface area contributed by atoms with Crippen LogP contribution in [-0.2, 0) is 10.5 Å². The summed E-state index contributed by atoms with van der Waals surface area (Å²) in [6.07, 6.45) is 4.25. The molecule has 1 fully saturated rings. The minimum absolute atomic E-state index is 0.201. The monoisotopic (exact) mass is 293 g/mol. The van der Waals surface area contributed by atoms with E-state index in [1.54, 1.807) is 23.9 Å². The van der Waals surface area contributed by atoms with Crippen LogP contribution in [0.25, 0.3) is 0 Å². The van der Waals surface area contributed by atoms with E-state index in [2.05, 4.69) is 5.32 Å². The van der Waals surface area contributed by atoms with Crippen LogP contribution in [0, 0.1) is 5.41 Å². The Kier molecular flexibility index (Phi) is 4.70. The molecule has 0 bridgehead atoms. The topological polar surface area (TPSA) is 66.4 Å². The molecule has 0 radical (unpaired) electrons. The minimum Gasteiger partial charge on any atom is -0.481 e. The van der Waals surface area contributed by atoms with Gasteiger partial charge in [-0.1, -0.05) is 18.6 Å². The Labute approximate surface area is 123 Å². The predicted molar refractivity (Wildman–Crippen MR) is 79.9 cm³/mol. The van der Waals surface area contributed by atoms with Crippen LogP contribution in [-0.4, -0.2) is 29.8 Å². The molecule has 2 rings (SSSR count). The molecule has 0 spiro atoms. The van der Waals surface area contributed by atoms with Crippen molar-refractivity contribution in [3.63, 3.8) is 0 Å². The zero-order valence-corrected chi connectivity index (χ0v) is 12.3. The summed E-state index contributed by atoms with van der Waals surface area (Å²) in [5, 5.41) is 12.0. The number of aliphatic carboxylic acids is 1. The molecule has 0 atom stereocenters. The summed E-state index contributed by atoms with van der Waals surface area (Å²) in [6, 6.07) is 7.44. The Bertz CT molecular complexity index is 494. The molecule has 0 aliphatic heterocycles. The van der Waals surface area contributed by atoms with Crippen molar-refractivity contribution in [3.8, 4) is 0 Å². The van der Waals surface area contributed by atoms with E-state index in [4.69, 9.17) is 0 Å². The van der Waals surface area contributed by atoms with Crippen molar-refractivity contribution in [2.24, 2.45) is 5.41 Å². The molecule has 1 aliphatic carbocycles. The third-order valence-electron chi connectivity index (χ3n) is 3.88. The lowest BCUT2D eigenvalue weighted by atomic mass is 9.69. The van der Waals surface area contributed by atoms with Crippen molar-refractivity contribution >= 4 is 23.6 Å². The summed E-state index contributed by atoms with van der Waals surface area (Å²) in [4.78, 5) is 23.2. The summed E-state index contributed by atoms with van der Waals surface area (Å²) in [5.41, 5.74) is 1.01. The first-order valence-electron chi connectivity index (χ1n) is 6.67. The fourth-order valence-electron chi connectivity index (χ4n) is 2.34. The van der Waals surface area contributed by atoms with E-state index in [1.165, 1.54) is 5.56 Å². The Hall–Kier alpha value is -1.49. The van der Waals surface area contributed by atoms with Gasteiger partial charge in [-0.25, -0.2) is 0 Å². The Morgan fingerprint density at radius 1 is 1.30 bits per heavy atom. The summed E-state index contributed by atoms with van der Waals surface area (Å²) in [6.45, 7) is 0.216. The first-order valence-corrected chi connectivity index (χ1v) is 8.06. The van der Waals surface area contributed by atoms with Gasteiger partial charge in [0.05, 0.1) is 5.41 Å². The highest BCUT2D eigenvalue weighted by Gasteiger charge is 2.44. The first kappa shape index (κ1) is 14.9. The predicted octanol–water partition coefficient (Wildman–Crippen LogP) is 2.53. The molecule has 1 aromatic rings. The van der Waals surface area contributed by atoms with E-state index >= 15 is 0 Å². The van der Waals surface area contributed by atoms with Crippen LogP contribution < -0.4 is 5.32 Å². The van der Waals surface area contributed by atoms with Crippen LogP contribution >= 0.6 is 11.8 Å². The van der Waals surface area contributed by atoms with Gasteiger partial charge in [0.1, 0.15) is 0 Å². The first-order chi connectivity index (χ1) is 9.57. The van der Waals surface area contributed by atoms with Crippen LogP contribution in [0.5, 0.6) is 0 Å². The zero-order valence-electron chi connectivity index (χ0n) is 11.5. The van der Waals surface area contributed by atoms with Crippen molar-refractivity contribution in [2.75, 3.05) is 12.8 Å². The molecule has 0 unspecified atom stereocenters. The number of amides is 1. The normalized spacial score (nSPS) is 16.2. The highest BCUT2D eigenvalue weighted by molar-refractivity contribution is 7.97. The van der Waals surface area contributed by atoms with Crippen LogP contribution in [0.4, 0.5) is 0 Å². The maximum absolute atomic E-state index is 12.0. The number of benzene rings is 1. The number of carbonyl (C=O) groups excluding carboxylic acids is 1. The Balaban J connectivity index is 1.93. The SMILES string of the molecule is CSCc1ccc(C(=O)NCC2(C(=O)O)CCC2)cc1. The number of carboxylic acids is 1. The van der Waals surface area contributed by atoms with Gasteiger partial charge in [0.2, 0.25) is 0 Å². The molecule has 0 saturated heterocycles. The van der Waals surface area contributed by atoms with E-state index in [0.717, 1.165) is 12.2 Å². The number of nitrogens with one attached hydrogen (secondary N) is 1. The lowest BCUT2D eigenvalue weighted by Crippen LogP contribution is -2.47. The molecule has 1 amide bonds. The highest BCUT2D eigenvalue weighted by atomic mass is 32.2. The second-order valence-corrected chi connectivity index (χ2v) is 6.12. The third-order valence-corrected chi connectivity index (χ3v) is 4.50. The third kappa shape index (κ3) is 3.15. The van der Waals surface area contributed by atoms with E-state index in [1.807, 2.05) is 18.4 Å². The molecule has 0 heterocycles. The Morgan fingerprint density at radius 2 is 1.95 bits per heavy atom. The van der Waals surface area contributed by atoms with Crippen molar-refractivity contribution in [1.82, 2.24) is 5.32 Å². The van der Waals surface area contributed by atoms with E-state index < -0.39 is 11.4 Å². The molecule has 20 heavy (non-hydrogen) atoms. The molecule has 1 aromatic carbocycles. The van der Waals surface area contributed by atoms with Crippen LogP contribution in [0.15, 0.2) is 24.3 Å². The van der Waals surface area contributed by atoms with E-state index in [0.29, 0.717) is 18.4 Å². The molecule has 108 valence electrons. The quantitative estimate of drug-likeness (QED) is 0.846. The van der Waals surface area contributed by atoms with E-state index in [-0.39, 0.29) is 12.5 Å². The number of carboxylic acid groups (broad SMARTS) is 1. The lowest BCUT2D eigenvalue weighted by molar-refractivity contribution is -0.153. The van der Waals surface area contributed by atoms with Gasteiger partial charge in [-0.05, 0) is 36.8 Å². The zero-order chi connectivity index (χ0) is 14.6. The second kappa shape index (κ2) is 6.31. The molecule has 1 aliphatic rings.